The van der Waals surface area contributed by atoms with Gasteiger partial charge in [-0.25, -0.2) is 0 Å². The lowest BCUT2D eigenvalue weighted by atomic mass is 9.99. The number of carbonyl (C=O) groups excluding carboxylic acids is 1. The number of carbonyl (C=O) groups is 1. The standard InChI is InChI=1S/C15H30O2/c1-4-5-6-7-8-9-10-11-14(2)12-13-17-15(3)16/h14H,4-13H2,1-3H3. The van der Waals surface area contributed by atoms with Crippen LogP contribution in [0.15, 0.2) is 0 Å². The van der Waals surface area contributed by atoms with E-state index in [1.807, 2.05) is 0 Å². The van der Waals surface area contributed by atoms with Crippen molar-refractivity contribution in [3.05, 3.63) is 0 Å². The maximum atomic E-state index is 10.6. The van der Waals surface area contributed by atoms with Crippen molar-refractivity contribution in [2.75, 3.05) is 6.61 Å². The van der Waals surface area contributed by atoms with Crippen molar-refractivity contribution in [3.8, 4) is 0 Å². The van der Waals surface area contributed by atoms with Crippen LogP contribution in [-0.4, -0.2) is 12.6 Å². The maximum Gasteiger partial charge on any atom is 0.302 e. The van der Waals surface area contributed by atoms with Crippen LogP contribution in [0.4, 0.5) is 0 Å². The van der Waals surface area contributed by atoms with Gasteiger partial charge in [-0.05, 0) is 12.3 Å². The Morgan fingerprint density at radius 1 is 1.00 bits per heavy atom. The summed E-state index contributed by atoms with van der Waals surface area (Å²) in [6.45, 7) is 6.57. The fourth-order valence-corrected chi connectivity index (χ4v) is 2.00. The first-order valence-corrected chi connectivity index (χ1v) is 7.30. The smallest absolute Gasteiger partial charge is 0.302 e. The van der Waals surface area contributed by atoms with Gasteiger partial charge < -0.3 is 4.74 Å². The van der Waals surface area contributed by atoms with Crippen molar-refractivity contribution < 1.29 is 9.53 Å². The molecule has 2 heteroatoms. The highest BCUT2D eigenvalue weighted by molar-refractivity contribution is 5.65. The summed E-state index contributed by atoms with van der Waals surface area (Å²) in [4.78, 5) is 10.6. The summed E-state index contributed by atoms with van der Waals surface area (Å²) in [5, 5.41) is 0. The molecule has 0 aromatic heterocycles. The molecule has 0 aromatic rings. The molecular formula is C15H30O2. The molecule has 0 aliphatic heterocycles. The quantitative estimate of drug-likeness (QED) is 0.387. The summed E-state index contributed by atoms with van der Waals surface area (Å²) in [5.74, 6) is 0.526. The van der Waals surface area contributed by atoms with E-state index in [4.69, 9.17) is 4.74 Å². The van der Waals surface area contributed by atoms with Crippen molar-refractivity contribution in [3.63, 3.8) is 0 Å². The number of esters is 1. The second kappa shape index (κ2) is 11.9. The minimum atomic E-state index is -0.159. The Kier molecular flexibility index (Phi) is 11.6. The van der Waals surface area contributed by atoms with Crippen LogP contribution in [0.3, 0.4) is 0 Å². The zero-order valence-corrected chi connectivity index (χ0v) is 12.0. The van der Waals surface area contributed by atoms with Gasteiger partial charge in [0.05, 0.1) is 6.61 Å². The molecule has 2 nitrogen and oxygen atoms in total. The molecule has 1 unspecified atom stereocenters. The Labute approximate surface area is 107 Å². The van der Waals surface area contributed by atoms with Crippen LogP contribution < -0.4 is 0 Å². The van der Waals surface area contributed by atoms with Crippen LogP contribution in [0.25, 0.3) is 0 Å². The third-order valence-electron chi connectivity index (χ3n) is 3.22. The van der Waals surface area contributed by atoms with Gasteiger partial charge in [0.2, 0.25) is 0 Å². The summed E-state index contributed by atoms with van der Waals surface area (Å²) in [6, 6.07) is 0. The first-order chi connectivity index (χ1) is 8.16. The largest absolute Gasteiger partial charge is 0.466 e. The van der Waals surface area contributed by atoms with Gasteiger partial charge in [0.1, 0.15) is 0 Å². The molecule has 0 amide bonds. The van der Waals surface area contributed by atoms with E-state index >= 15 is 0 Å². The van der Waals surface area contributed by atoms with E-state index in [9.17, 15) is 4.79 Å². The van der Waals surface area contributed by atoms with Crippen LogP contribution in [0.1, 0.15) is 78.6 Å². The summed E-state index contributed by atoms with van der Waals surface area (Å²) in [6.07, 6.45) is 11.9. The molecular weight excluding hydrogens is 212 g/mol. The number of hydrogen-bond donors (Lipinski definition) is 0. The van der Waals surface area contributed by atoms with Crippen LogP contribution in [0, 0.1) is 5.92 Å². The third kappa shape index (κ3) is 13.4. The van der Waals surface area contributed by atoms with Crippen molar-refractivity contribution >= 4 is 5.97 Å². The van der Waals surface area contributed by atoms with Gasteiger partial charge in [-0.3, -0.25) is 4.79 Å². The van der Waals surface area contributed by atoms with E-state index < -0.39 is 0 Å². The molecule has 0 rings (SSSR count). The molecule has 0 heterocycles. The Balaban J connectivity index is 3.16. The first kappa shape index (κ1) is 16.5. The lowest BCUT2D eigenvalue weighted by molar-refractivity contribution is -0.141. The normalized spacial score (nSPS) is 12.4. The molecule has 17 heavy (non-hydrogen) atoms. The molecule has 102 valence electrons. The molecule has 0 aliphatic rings. The minimum absolute atomic E-state index is 0.159. The predicted octanol–water partition coefficient (Wildman–Crippen LogP) is 4.72. The molecule has 0 aliphatic carbocycles. The SMILES string of the molecule is CCCCCCCCCC(C)CCOC(C)=O. The monoisotopic (exact) mass is 242 g/mol. The molecule has 0 saturated carbocycles. The van der Waals surface area contributed by atoms with Crippen LogP contribution in [-0.2, 0) is 9.53 Å². The summed E-state index contributed by atoms with van der Waals surface area (Å²) >= 11 is 0. The molecule has 0 fully saturated rings. The number of rotatable bonds is 11. The third-order valence-corrected chi connectivity index (χ3v) is 3.22. The Morgan fingerprint density at radius 2 is 1.59 bits per heavy atom. The van der Waals surface area contributed by atoms with Gasteiger partial charge >= 0.3 is 5.97 Å². The fourth-order valence-electron chi connectivity index (χ4n) is 2.00. The highest BCUT2D eigenvalue weighted by Crippen LogP contribution is 2.15. The average Bonchev–Trinajstić information content (AvgIpc) is 2.27. The second-order valence-corrected chi connectivity index (χ2v) is 5.14. The van der Waals surface area contributed by atoms with Crippen LogP contribution >= 0.6 is 0 Å². The molecule has 0 N–H and O–H groups in total. The average molecular weight is 242 g/mol. The maximum absolute atomic E-state index is 10.6. The highest BCUT2D eigenvalue weighted by Gasteiger charge is 2.03. The zero-order chi connectivity index (χ0) is 12.9. The van der Waals surface area contributed by atoms with Gasteiger partial charge in [-0.15, -0.1) is 0 Å². The van der Waals surface area contributed by atoms with Gasteiger partial charge in [-0.1, -0.05) is 65.2 Å². The van der Waals surface area contributed by atoms with Crippen molar-refractivity contribution in [1.29, 1.82) is 0 Å². The number of unbranched alkanes of at least 4 members (excludes halogenated alkanes) is 6. The number of hydrogen-bond acceptors (Lipinski definition) is 2. The first-order valence-electron chi connectivity index (χ1n) is 7.30. The van der Waals surface area contributed by atoms with E-state index in [1.165, 1.54) is 58.3 Å². The Bertz CT molecular complexity index is 178. The molecule has 0 saturated heterocycles. The molecule has 0 radical (unpaired) electrons. The minimum Gasteiger partial charge on any atom is -0.466 e. The second-order valence-electron chi connectivity index (χ2n) is 5.14. The lowest BCUT2D eigenvalue weighted by Gasteiger charge is -2.10. The molecule has 0 spiro atoms. The Morgan fingerprint density at radius 3 is 2.18 bits per heavy atom. The summed E-state index contributed by atoms with van der Waals surface area (Å²) in [5.41, 5.74) is 0. The van der Waals surface area contributed by atoms with E-state index in [2.05, 4.69) is 13.8 Å². The predicted molar refractivity (Wildman–Crippen MR) is 73.0 cm³/mol. The Hall–Kier alpha value is -0.530. The molecule has 0 bridgehead atoms. The molecule has 1 atom stereocenters. The van der Waals surface area contributed by atoms with Gasteiger partial charge in [0.25, 0.3) is 0 Å². The van der Waals surface area contributed by atoms with E-state index in [1.54, 1.807) is 0 Å². The summed E-state index contributed by atoms with van der Waals surface area (Å²) < 4.78 is 4.95. The van der Waals surface area contributed by atoms with Gasteiger partial charge in [0.15, 0.2) is 0 Å². The fraction of sp³-hybridized carbons (Fsp3) is 0.933. The topological polar surface area (TPSA) is 26.3 Å². The van der Waals surface area contributed by atoms with E-state index in [-0.39, 0.29) is 5.97 Å². The number of ether oxygens (including phenoxy) is 1. The highest BCUT2D eigenvalue weighted by atomic mass is 16.5. The summed E-state index contributed by atoms with van der Waals surface area (Å²) in [7, 11) is 0. The zero-order valence-electron chi connectivity index (χ0n) is 12.0. The molecule has 0 aromatic carbocycles. The van der Waals surface area contributed by atoms with E-state index in [0.717, 1.165) is 6.42 Å². The van der Waals surface area contributed by atoms with Crippen molar-refractivity contribution in [2.45, 2.75) is 78.6 Å². The van der Waals surface area contributed by atoms with E-state index in [0.29, 0.717) is 12.5 Å². The lowest BCUT2D eigenvalue weighted by Crippen LogP contribution is -2.05. The van der Waals surface area contributed by atoms with Crippen molar-refractivity contribution in [1.82, 2.24) is 0 Å². The van der Waals surface area contributed by atoms with Gasteiger partial charge in [0, 0.05) is 6.92 Å². The van der Waals surface area contributed by atoms with Crippen LogP contribution in [0.5, 0.6) is 0 Å². The van der Waals surface area contributed by atoms with Crippen LogP contribution in [0.2, 0.25) is 0 Å². The van der Waals surface area contributed by atoms with Crippen molar-refractivity contribution in [2.24, 2.45) is 5.92 Å². The van der Waals surface area contributed by atoms with Gasteiger partial charge in [-0.2, -0.15) is 0 Å².